The van der Waals surface area contributed by atoms with Gasteiger partial charge in [-0.2, -0.15) is 4.98 Å². The lowest BCUT2D eigenvalue weighted by atomic mass is 10.2. The molecule has 1 aromatic carbocycles. The molecule has 1 saturated carbocycles. The van der Waals surface area contributed by atoms with E-state index in [0.29, 0.717) is 29.3 Å². The van der Waals surface area contributed by atoms with Crippen molar-refractivity contribution in [3.8, 4) is 28.9 Å². The molecule has 1 aliphatic rings. The number of methoxy groups -OCH3 is 1. The van der Waals surface area contributed by atoms with Crippen LogP contribution in [-0.2, 0) is 0 Å². The summed E-state index contributed by atoms with van der Waals surface area (Å²) in [6, 6.07) is 11.8. The lowest BCUT2D eigenvalue weighted by Crippen LogP contribution is -2.06. The van der Waals surface area contributed by atoms with Crippen LogP contribution in [0, 0.1) is 0 Å². The first-order chi connectivity index (χ1) is 13.3. The summed E-state index contributed by atoms with van der Waals surface area (Å²) < 4.78 is 12.6. The third-order valence-corrected chi connectivity index (χ3v) is 4.98. The molecule has 4 aromatic rings. The maximum Gasteiger partial charge on any atom is 0.258 e. The summed E-state index contributed by atoms with van der Waals surface area (Å²) in [5, 5.41) is 12.7. The fourth-order valence-electron chi connectivity index (χ4n) is 3.59. The predicted molar refractivity (Wildman–Crippen MR) is 98.1 cm³/mol. The van der Waals surface area contributed by atoms with Crippen molar-refractivity contribution in [2.45, 2.75) is 31.7 Å². The minimum absolute atomic E-state index is 0.415. The highest BCUT2D eigenvalue weighted by Gasteiger charge is 2.21. The van der Waals surface area contributed by atoms with Crippen molar-refractivity contribution >= 4 is 11.0 Å². The zero-order valence-electron chi connectivity index (χ0n) is 14.9. The van der Waals surface area contributed by atoms with Gasteiger partial charge in [-0.25, -0.2) is 9.67 Å². The van der Waals surface area contributed by atoms with Crippen molar-refractivity contribution in [3.63, 3.8) is 0 Å². The second kappa shape index (κ2) is 6.46. The quantitative estimate of drug-likeness (QED) is 0.547. The van der Waals surface area contributed by atoms with Gasteiger partial charge >= 0.3 is 0 Å². The molecule has 8 heteroatoms. The van der Waals surface area contributed by atoms with Gasteiger partial charge in [-0.15, -0.1) is 5.10 Å². The zero-order chi connectivity index (χ0) is 18.2. The van der Waals surface area contributed by atoms with E-state index < -0.39 is 0 Å². The lowest BCUT2D eigenvalue weighted by Gasteiger charge is -2.09. The van der Waals surface area contributed by atoms with E-state index in [4.69, 9.17) is 9.26 Å². The highest BCUT2D eigenvalue weighted by molar-refractivity contribution is 5.80. The Kier molecular flexibility index (Phi) is 3.81. The van der Waals surface area contributed by atoms with Gasteiger partial charge in [0.1, 0.15) is 11.2 Å². The van der Waals surface area contributed by atoms with Crippen molar-refractivity contribution in [1.82, 2.24) is 30.1 Å². The Balaban J connectivity index is 1.48. The van der Waals surface area contributed by atoms with Crippen LogP contribution in [0.3, 0.4) is 0 Å². The van der Waals surface area contributed by atoms with Crippen LogP contribution in [0.2, 0.25) is 0 Å². The molecule has 27 heavy (non-hydrogen) atoms. The Labute approximate surface area is 155 Å². The normalized spacial score (nSPS) is 14.9. The summed E-state index contributed by atoms with van der Waals surface area (Å²) in [5.74, 6) is 1.34. The smallest absolute Gasteiger partial charge is 0.258 e. The second-order valence-corrected chi connectivity index (χ2v) is 6.66. The molecule has 5 rings (SSSR count). The van der Waals surface area contributed by atoms with E-state index in [0.717, 1.165) is 16.6 Å². The van der Waals surface area contributed by atoms with E-state index in [2.05, 4.69) is 25.4 Å². The van der Waals surface area contributed by atoms with Crippen molar-refractivity contribution in [3.05, 3.63) is 36.4 Å². The van der Waals surface area contributed by atoms with Gasteiger partial charge in [-0.05, 0) is 37.1 Å². The summed E-state index contributed by atoms with van der Waals surface area (Å²) in [7, 11) is 1.57. The summed E-state index contributed by atoms with van der Waals surface area (Å²) >= 11 is 0. The molecule has 0 N–H and O–H groups in total. The predicted octanol–water partition coefficient (Wildman–Crippen LogP) is 3.67. The molecule has 3 aromatic heterocycles. The summed E-state index contributed by atoms with van der Waals surface area (Å²) in [6.07, 6.45) is 4.85. The Morgan fingerprint density at radius 1 is 1.11 bits per heavy atom. The van der Waals surface area contributed by atoms with Crippen LogP contribution in [0.5, 0.6) is 5.88 Å². The number of nitrogens with zero attached hydrogens (tertiary/aromatic N) is 6. The molecule has 136 valence electrons. The number of rotatable bonds is 4. The Morgan fingerprint density at radius 3 is 2.85 bits per heavy atom. The van der Waals surface area contributed by atoms with Crippen molar-refractivity contribution < 1.29 is 9.26 Å². The third-order valence-electron chi connectivity index (χ3n) is 4.98. The third kappa shape index (κ3) is 2.83. The standard InChI is InChI=1S/C19H18N6O2/c1-26-17-8-4-7-14(20-17)18-21-19(27-23-18)12-9-10-16-15(11-12)22-24-25(16)13-5-2-3-6-13/h4,7-11,13H,2-3,5-6H2,1H3. The Hall–Kier alpha value is -3.29. The van der Waals surface area contributed by atoms with E-state index in [1.54, 1.807) is 13.2 Å². The summed E-state index contributed by atoms with van der Waals surface area (Å²) in [4.78, 5) is 8.80. The van der Waals surface area contributed by atoms with Crippen LogP contribution in [0.25, 0.3) is 34.0 Å². The molecule has 0 saturated heterocycles. The number of aromatic nitrogens is 6. The van der Waals surface area contributed by atoms with E-state index in [-0.39, 0.29) is 0 Å². The first-order valence-electron chi connectivity index (χ1n) is 9.02. The van der Waals surface area contributed by atoms with Crippen molar-refractivity contribution in [1.29, 1.82) is 0 Å². The van der Waals surface area contributed by atoms with E-state index >= 15 is 0 Å². The van der Waals surface area contributed by atoms with Crippen molar-refractivity contribution in [2.75, 3.05) is 7.11 Å². The first-order valence-corrected chi connectivity index (χ1v) is 9.02. The van der Waals surface area contributed by atoms with Gasteiger partial charge in [-0.1, -0.05) is 29.3 Å². The molecule has 0 unspecified atom stereocenters. The molecule has 0 radical (unpaired) electrons. The molecule has 0 spiro atoms. The van der Waals surface area contributed by atoms with Crippen molar-refractivity contribution in [2.24, 2.45) is 0 Å². The van der Waals surface area contributed by atoms with Gasteiger partial charge in [0, 0.05) is 11.6 Å². The maximum absolute atomic E-state index is 5.44. The van der Waals surface area contributed by atoms with Gasteiger partial charge in [0.2, 0.25) is 11.7 Å². The number of ether oxygens (including phenoxy) is 1. The number of hydrogen-bond donors (Lipinski definition) is 0. The number of fused-ring (bicyclic) bond motifs is 1. The zero-order valence-corrected chi connectivity index (χ0v) is 14.9. The fraction of sp³-hybridized carbons (Fsp3) is 0.316. The molecule has 0 bridgehead atoms. The van der Waals surface area contributed by atoms with Crippen LogP contribution in [0.15, 0.2) is 40.9 Å². The average molecular weight is 362 g/mol. The maximum atomic E-state index is 5.44. The molecule has 8 nitrogen and oxygen atoms in total. The molecule has 1 fully saturated rings. The molecular weight excluding hydrogens is 344 g/mol. The molecule has 0 aliphatic heterocycles. The highest BCUT2D eigenvalue weighted by atomic mass is 16.5. The summed E-state index contributed by atoms with van der Waals surface area (Å²) in [6.45, 7) is 0. The SMILES string of the molecule is COc1cccc(-c2noc(-c3ccc4c(c3)nnn4C3CCCC3)n2)n1. The summed E-state index contributed by atoms with van der Waals surface area (Å²) in [5.41, 5.74) is 3.28. The molecule has 3 heterocycles. The number of hydrogen-bond acceptors (Lipinski definition) is 7. The van der Waals surface area contributed by atoms with E-state index in [9.17, 15) is 0 Å². The van der Waals surface area contributed by atoms with Gasteiger partial charge in [0.05, 0.1) is 18.7 Å². The molecular formula is C19H18N6O2. The van der Waals surface area contributed by atoms with Gasteiger partial charge in [-0.3, -0.25) is 0 Å². The van der Waals surface area contributed by atoms with E-state index in [1.165, 1.54) is 25.7 Å². The van der Waals surface area contributed by atoms with Crippen LogP contribution >= 0.6 is 0 Å². The minimum Gasteiger partial charge on any atom is -0.481 e. The average Bonchev–Trinajstić information content (AvgIpc) is 3.47. The highest BCUT2D eigenvalue weighted by Crippen LogP contribution is 2.32. The Morgan fingerprint density at radius 2 is 2.00 bits per heavy atom. The van der Waals surface area contributed by atoms with Crippen LogP contribution < -0.4 is 4.74 Å². The first kappa shape index (κ1) is 15.9. The topological polar surface area (TPSA) is 91.8 Å². The minimum atomic E-state index is 0.415. The van der Waals surface area contributed by atoms with E-state index in [1.807, 2.05) is 35.0 Å². The number of pyridine rings is 1. The molecule has 1 aliphatic carbocycles. The van der Waals surface area contributed by atoms with Crippen LogP contribution in [-0.4, -0.2) is 37.2 Å². The largest absolute Gasteiger partial charge is 0.481 e. The number of benzene rings is 1. The van der Waals surface area contributed by atoms with Gasteiger partial charge in [0.25, 0.3) is 5.89 Å². The Bertz CT molecular complexity index is 1100. The molecule has 0 atom stereocenters. The second-order valence-electron chi connectivity index (χ2n) is 6.66. The van der Waals surface area contributed by atoms with Gasteiger partial charge in [0.15, 0.2) is 0 Å². The molecule has 0 amide bonds. The monoisotopic (exact) mass is 362 g/mol. The van der Waals surface area contributed by atoms with Gasteiger partial charge < -0.3 is 9.26 Å². The van der Waals surface area contributed by atoms with Crippen LogP contribution in [0.4, 0.5) is 0 Å². The fourth-order valence-corrected chi connectivity index (χ4v) is 3.59. The van der Waals surface area contributed by atoms with Crippen LogP contribution in [0.1, 0.15) is 31.7 Å². The lowest BCUT2D eigenvalue weighted by molar-refractivity contribution is 0.398.